The van der Waals surface area contributed by atoms with Gasteiger partial charge in [0.1, 0.15) is 12.4 Å². The van der Waals surface area contributed by atoms with Crippen molar-refractivity contribution in [1.29, 1.82) is 0 Å². The van der Waals surface area contributed by atoms with Gasteiger partial charge in [0.25, 0.3) is 5.91 Å². The van der Waals surface area contributed by atoms with Crippen molar-refractivity contribution in [3.05, 3.63) is 52.2 Å². The van der Waals surface area contributed by atoms with Gasteiger partial charge in [-0.3, -0.25) is 9.69 Å². The number of hydrazone groups is 1. The molecule has 0 unspecified atom stereocenters. The third-order valence-corrected chi connectivity index (χ3v) is 5.21. The first-order valence-electron chi connectivity index (χ1n) is 9.20. The molecular formula is C20H25N3O3S. The molecule has 1 fully saturated rings. The number of carbonyl (C=O) groups is 1. The van der Waals surface area contributed by atoms with Crippen molar-refractivity contribution >= 4 is 23.0 Å². The van der Waals surface area contributed by atoms with Gasteiger partial charge >= 0.3 is 0 Å². The molecule has 27 heavy (non-hydrogen) atoms. The van der Waals surface area contributed by atoms with Crippen LogP contribution in [0.2, 0.25) is 0 Å². The van der Waals surface area contributed by atoms with Crippen LogP contribution >= 0.6 is 11.3 Å². The van der Waals surface area contributed by atoms with Crippen LogP contribution in [0.3, 0.4) is 0 Å². The van der Waals surface area contributed by atoms with Crippen molar-refractivity contribution in [1.82, 2.24) is 10.3 Å². The molecule has 6 nitrogen and oxygen atoms in total. The Kier molecular flexibility index (Phi) is 7.38. The molecule has 144 valence electrons. The number of benzene rings is 1. The number of rotatable bonds is 8. The molecule has 7 heteroatoms. The third-order valence-electron chi connectivity index (χ3n) is 4.34. The second-order valence-corrected chi connectivity index (χ2v) is 7.10. The molecule has 2 aromatic rings. The van der Waals surface area contributed by atoms with Crippen molar-refractivity contribution in [3.8, 4) is 5.75 Å². The summed E-state index contributed by atoms with van der Waals surface area (Å²) in [5.41, 5.74) is 4.44. The van der Waals surface area contributed by atoms with Crippen LogP contribution in [0.1, 0.15) is 28.6 Å². The Balaban J connectivity index is 1.51. The average molecular weight is 388 g/mol. The van der Waals surface area contributed by atoms with Gasteiger partial charge in [-0.05, 0) is 47.7 Å². The molecule has 0 bridgehead atoms. The minimum absolute atomic E-state index is 0.181. The highest BCUT2D eigenvalue weighted by Crippen LogP contribution is 2.14. The van der Waals surface area contributed by atoms with Crippen molar-refractivity contribution in [2.24, 2.45) is 5.10 Å². The maximum Gasteiger partial charge on any atom is 0.281 e. The van der Waals surface area contributed by atoms with Gasteiger partial charge in [0.15, 0.2) is 0 Å². The Morgan fingerprint density at radius 1 is 1.26 bits per heavy atom. The number of thiophene rings is 1. The standard InChI is InChI=1S/C20H25N3O3S/c1-2-18(21-22-20(24)19-4-3-15-27-19)16-5-7-17(8-6-16)26-14-11-23-9-12-25-13-10-23/h3-8,15H,2,9-14H2,1H3,(H,22,24)/b21-18+. The zero-order valence-electron chi connectivity index (χ0n) is 15.5. The van der Waals surface area contributed by atoms with Gasteiger partial charge in [0.05, 0.1) is 23.8 Å². The summed E-state index contributed by atoms with van der Waals surface area (Å²) in [6.07, 6.45) is 0.724. The molecule has 1 aromatic carbocycles. The lowest BCUT2D eigenvalue weighted by Crippen LogP contribution is -2.38. The van der Waals surface area contributed by atoms with E-state index >= 15 is 0 Å². The van der Waals surface area contributed by atoms with Gasteiger partial charge in [-0.15, -0.1) is 11.3 Å². The Morgan fingerprint density at radius 2 is 2.04 bits per heavy atom. The lowest BCUT2D eigenvalue weighted by atomic mass is 10.1. The van der Waals surface area contributed by atoms with Gasteiger partial charge < -0.3 is 9.47 Å². The lowest BCUT2D eigenvalue weighted by Gasteiger charge is -2.26. The van der Waals surface area contributed by atoms with E-state index < -0.39 is 0 Å². The quantitative estimate of drug-likeness (QED) is 0.559. The van der Waals surface area contributed by atoms with Crippen LogP contribution in [0.25, 0.3) is 0 Å². The van der Waals surface area contributed by atoms with Crippen LogP contribution in [0.5, 0.6) is 5.75 Å². The summed E-state index contributed by atoms with van der Waals surface area (Å²) in [4.78, 5) is 15.0. The van der Waals surface area contributed by atoms with E-state index in [0.29, 0.717) is 11.5 Å². The lowest BCUT2D eigenvalue weighted by molar-refractivity contribution is 0.0322. The topological polar surface area (TPSA) is 63.2 Å². The van der Waals surface area contributed by atoms with Crippen LogP contribution in [0.15, 0.2) is 46.9 Å². The Labute approximate surface area is 163 Å². The molecule has 0 atom stereocenters. The van der Waals surface area contributed by atoms with E-state index in [0.717, 1.165) is 56.3 Å². The van der Waals surface area contributed by atoms with Crippen LogP contribution in [-0.2, 0) is 4.74 Å². The Bertz CT molecular complexity index is 738. The zero-order valence-corrected chi connectivity index (χ0v) is 16.3. The monoisotopic (exact) mass is 387 g/mol. The third kappa shape index (κ3) is 5.89. The predicted molar refractivity (Wildman–Crippen MR) is 108 cm³/mol. The summed E-state index contributed by atoms with van der Waals surface area (Å²) in [5, 5.41) is 6.16. The van der Waals surface area contributed by atoms with E-state index in [1.807, 2.05) is 42.6 Å². The number of morpholine rings is 1. The maximum absolute atomic E-state index is 12.0. The fourth-order valence-electron chi connectivity index (χ4n) is 2.79. The Hall–Kier alpha value is -2.22. The molecule has 0 spiro atoms. The molecule has 0 aliphatic carbocycles. The van der Waals surface area contributed by atoms with Crippen LogP contribution in [-0.4, -0.2) is 56.0 Å². The highest BCUT2D eigenvalue weighted by molar-refractivity contribution is 7.12. The molecule has 1 aromatic heterocycles. The molecule has 1 amide bonds. The van der Waals surface area contributed by atoms with Crippen molar-refractivity contribution in [2.45, 2.75) is 13.3 Å². The summed E-state index contributed by atoms with van der Waals surface area (Å²) in [6.45, 7) is 7.12. The van der Waals surface area contributed by atoms with Crippen molar-refractivity contribution in [3.63, 3.8) is 0 Å². The van der Waals surface area contributed by atoms with E-state index in [9.17, 15) is 4.79 Å². The summed E-state index contributed by atoms with van der Waals surface area (Å²) in [7, 11) is 0. The van der Waals surface area contributed by atoms with Gasteiger partial charge in [-0.2, -0.15) is 5.10 Å². The first kappa shape index (κ1) is 19.5. The number of amides is 1. The molecule has 1 aliphatic rings. The molecule has 1 N–H and O–H groups in total. The molecule has 3 rings (SSSR count). The van der Waals surface area contributed by atoms with Crippen LogP contribution < -0.4 is 10.2 Å². The molecule has 1 aliphatic heterocycles. The van der Waals surface area contributed by atoms with Gasteiger partial charge in [0.2, 0.25) is 0 Å². The number of carbonyl (C=O) groups excluding carboxylic acids is 1. The normalized spacial score (nSPS) is 15.5. The summed E-state index contributed by atoms with van der Waals surface area (Å²) < 4.78 is 11.2. The SMILES string of the molecule is CC/C(=N\NC(=O)c1cccs1)c1ccc(OCCN2CCOCC2)cc1. The van der Waals surface area contributed by atoms with Gasteiger partial charge in [-0.1, -0.05) is 13.0 Å². The van der Waals surface area contributed by atoms with Crippen LogP contribution in [0.4, 0.5) is 0 Å². The number of nitrogens with one attached hydrogen (secondary N) is 1. The molecule has 2 heterocycles. The smallest absolute Gasteiger partial charge is 0.281 e. The van der Waals surface area contributed by atoms with E-state index in [-0.39, 0.29) is 5.91 Å². The number of nitrogens with zero attached hydrogens (tertiary/aromatic N) is 2. The Morgan fingerprint density at radius 3 is 2.70 bits per heavy atom. The fourth-order valence-corrected chi connectivity index (χ4v) is 3.40. The van der Waals surface area contributed by atoms with Crippen molar-refractivity contribution in [2.75, 3.05) is 39.5 Å². The highest BCUT2D eigenvalue weighted by Gasteiger charge is 2.10. The average Bonchev–Trinajstić information content (AvgIpc) is 3.25. The number of hydrogen-bond acceptors (Lipinski definition) is 6. The maximum atomic E-state index is 12.0. The minimum atomic E-state index is -0.181. The molecular weight excluding hydrogens is 362 g/mol. The second kappa shape index (κ2) is 10.2. The largest absolute Gasteiger partial charge is 0.492 e. The van der Waals surface area contributed by atoms with E-state index in [1.165, 1.54) is 11.3 Å². The minimum Gasteiger partial charge on any atom is -0.492 e. The summed E-state index contributed by atoms with van der Waals surface area (Å²) in [6, 6.07) is 11.5. The fraction of sp³-hybridized carbons (Fsp3) is 0.400. The number of ether oxygens (including phenoxy) is 2. The first-order chi connectivity index (χ1) is 13.3. The van der Waals surface area contributed by atoms with Crippen LogP contribution in [0, 0.1) is 0 Å². The van der Waals surface area contributed by atoms with Crippen molar-refractivity contribution < 1.29 is 14.3 Å². The molecule has 0 saturated carbocycles. The highest BCUT2D eigenvalue weighted by atomic mass is 32.1. The summed E-state index contributed by atoms with van der Waals surface area (Å²) >= 11 is 1.40. The predicted octanol–water partition coefficient (Wildman–Crippen LogP) is 3.00. The van der Waals surface area contributed by atoms with E-state index in [1.54, 1.807) is 6.07 Å². The van der Waals surface area contributed by atoms with E-state index in [4.69, 9.17) is 9.47 Å². The van der Waals surface area contributed by atoms with Gasteiger partial charge in [0, 0.05) is 19.6 Å². The summed E-state index contributed by atoms with van der Waals surface area (Å²) in [5.74, 6) is 0.657. The second-order valence-electron chi connectivity index (χ2n) is 6.16. The first-order valence-corrected chi connectivity index (χ1v) is 10.1. The van der Waals surface area contributed by atoms with E-state index in [2.05, 4.69) is 15.4 Å². The zero-order chi connectivity index (χ0) is 18.9. The molecule has 1 saturated heterocycles. The van der Waals surface area contributed by atoms with Gasteiger partial charge in [-0.25, -0.2) is 5.43 Å². The number of hydrogen-bond donors (Lipinski definition) is 1. The molecule has 0 radical (unpaired) electrons.